The molecule has 0 saturated carbocycles. The van der Waals surface area contributed by atoms with Gasteiger partial charge in [-0.25, -0.2) is 0 Å². The van der Waals surface area contributed by atoms with Gasteiger partial charge in [0.05, 0.1) is 18.3 Å². The zero-order chi connectivity index (χ0) is 22.1. The van der Waals surface area contributed by atoms with Gasteiger partial charge in [0.1, 0.15) is 5.75 Å². The molecule has 3 N–H and O–H groups in total. The van der Waals surface area contributed by atoms with Crippen LogP contribution in [0.2, 0.25) is 0 Å². The molecular formula is C25H27N3O3. The second-order valence-corrected chi connectivity index (χ2v) is 7.31. The van der Waals surface area contributed by atoms with Crippen molar-refractivity contribution in [2.45, 2.75) is 26.5 Å². The van der Waals surface area contributed by atoms with Crippen molar-refractivity contribution >= 4 is 23.2 Å². The van der Waals surface area contributed by atoms with E-state index >= 15 is 0 Å². The van der Waals surface area contributed by atoms with E-state index in [9.17, 15) is 9.59 Å². The SMILES string of the molecule is CC(C)Oc1ccccc1NCC(=O)Nc1ccc(C(=O)NCc2ccccc2)cc1. The fourth-order valence-corrected chi connectivity index (χ4v) is 2.94. The predicted molar refractivity (Wildman–Crippen MR) is 123 cm³/mol. The average Bonchev–Trinajstić information content (AvgIpc) is 2.78. The summed E-state index contributed by atoms with van der Waals surface area (Å²) in [6.45, 7) is 4.47. The van der Waals surface area contributed by atoms with Gasteiger partial charge in [-0.15, -0.1) is 0 Å². The van der Waals surface area contributed by atoms with E-state index in [1.165, 1.54) is 0 Å². The second-order valence-electron chi connectivity index (χ2n) is 7.31. The summed E-state index contributed by atoms with van der Waals surface area (Å²) in [5, 5.41) is 8.81. The summed E-state index contributed by atoms with van der Waals surface area (Å²) in [4.78, 5) is 24.6. The topological polar surface area (TPSA) is 79.5 Å². The van der Waals surface area contributed by atoms with Crippen molar-refractivity contribution in [3.63, 3.8) is 0 Å². The Bertz CT molecular complexity index is 1000. The Morgan fingerprint density at radius 2 is 1.55 bits per heavy atom. The lowest BCUT2D eigenvalue weighted by atomic mass is 10.1. The number of carbonyl (C=O) groups excluding carboxylic acids is 2. The van der Waals surface area contributed by atoms with E-state index in [-0.39, 0.29) is 24.5 Å². The van der Waals surface area contributed by atoms with Crippen molar-refractivity contribution in [2.24, 2.45) is 0 Å². The molecule has 3 rings (SSSR count). The first-order chi connectivity index (χ1) is 15.0. The molecule has 0 heterocycles. The molecule has 0 aliphatic heterocycles. The molecule has 0 unspecified atom stereocenters. The number of hydrogen-bond donors (Lipinski definition) is 3. The number of para-hydroxylation sites is 2. The molecule has 2 amide bonds. The van der Waals surface area contributed by atoms with Crippen LogP contribution >= 0.6 is 0 Å². The highest BCUT2D eigenvalue weighted by Crippen LogP contribution is 2.24. The molecule has 3 aromatic carbocycles. The Balaban J connectivity index is 1.49. The number of nitrogens with one attached hydrogen (secondary N) is 3. The standard InChI is InChI=1S/C25H27N3O3/c1-18(2)31-23-11-7-6-10-22(23)26-17-24(29)28-21-14-12-20(13-15-21)25(30)27-16-19-8-4-3-5-9-19/h3-15,18,26H,16-17H2,1-2H3,(H,27,30)(H,28,29). The first-order valence-electron chi connectivity index (χ1n) is 10.2. The van der Waals surface area contributed by atoms with Crippen molar-refractivity contribution in [3.05, 3.63) is 90.0 Å². The summed E-state index contributed by atoms with van der Waals surface area (Å²) >= 11 is 0. The summed E-state index contributed by atoms with van der Waals surface area (Å²) in [6, 6.07) is 24.0. The first kappa shape index (κ1) is 21.9. The summed E-state index contributed by atoms with van der Waals surface area (Å²) in [5.74, 6) is 0.349. The minimum atomic E-state index is -0.194. The zero-order valence-electron chi connectivity index (χ0n) is 17.7. The van der Waals surface area contributed by atoms with Crippen molar-refractivity contribution in [1.82, 2.24) is 5.32 Å². The largest absolute Gasteiger partial charge is 0.489 e. The van der Waals surface area contributed by atoms with Crippen LogP contribution in [0.3, 0.4) is 0 Å². The number of carbonyl (C=O) groups is 2. The van der Waals surface area contributed by atoms with Gasteiger partial charge in [-0.1, -0.05) is 42.5 Å². The molecule has 6 heteroatoms. The third kappa shape index (κ3) is 6.89. The molecule has 3 aromatic rings. The quantitative estimate of drug-likeness (QED) is 0.480. The highest BCUT2D eigenvalue weighted by molar-refractivity contribution is 5.96. The average molecular weight is 418 g/mol. The predicted octanol–water partition coefficient (Wildman–Crippen LogP) is 4.45. The zero-order valence-corrected chi connectivity index (χ0v) is 17.7. The van der Waals surface area contributed by atoms with E-state index in [2.05, 4.69) is 16.0 Å². The van der Waals surface area contributed by atoms with Gasteiger partial charge in [0, 0.05) is 17.8 Å². The van der Waals surface area contributed by atoms with Crippen LogP contribution in [0.4, 0.5) is 11.4 Å². The molecule has 0 atom stereocenters. The van der Waals surface area contributed by atoms with Gasteiger partial charge in [0.25, 0.3) is 5.91 Å². The van der Waals surface area contributed by atoms with E-state index in [0.29, 0.717) is 23.5 Å². The van der Waals surface area contributed by atoms with E-state index in [4.69, 9.17) is 4.74 Å². The fraction of sp³-hybridized carbons (Fsp3) is 0.200. The maximum Gasteiger partial charge on any atom is 0.251 e. The van der Waals surface area contributed by atoms with Crippen molar-refractivity contribution in [1.29, 1.82) is 0 Å². The fourth-order valence-electron chi connectivity index (χ4n) is 2.94. The van der Waals surface area contributed by atoms with Gasteiger partial charge in [0.2, 0.25) is 5.91 Å². The lowest BCUT2D eigenvalue weighted by Gasteiger charge is -2.15. The van der Waals surface area contributed by atoms with Crippen LogP contribution in [0.15, 0.2) is 78.9 Å². The molecule has 6 nitrogen and oxygen atoms in total. The van der Waals surface area contributed by atoms with Crippen LogP contribution in [0.1, 0.15) is 29.8 Å². The lowest BCUT2D eigenvalue weighted by Crippen LogP contribution is -2.23. The van der Waals surface area contributed by atoms with E-state index in [1.807, 2.05) is 68.4 Å². The Morgan fingerprint density at radius 1 is 0.871 bits per heavy atom. The number of amides is 2. The van der Waals surface area contributed by atoms with Crippen molar-refractivity contribution < 1.29 is 14.3 Å². The maximum absolute atomic E-state index is 12.3. The summed E-state index contributed by atoms with van der Waals surface area (Å²) < 4.78 is 5.75. The number of ether oxygens (including phenoxy) is 1. The number of benzene rings is 3. The normalized spacial score (nSPS) is 10.4. The van der Waals surface area contributed by atoms with Crippen LogP contribution in [0.5, 0.6) is 5.75 Å². The molecule has 0 saturated heterocycles. The van der Waals surface area contributed by atoms with Gasteiger partial charge in [-0.3, -0.25) is 9.59 Å². The van der Waals surface area contributed by atoms with Crippen LogP contribution in [-0.2, 0) is 11.3 Å². The summed E-state index contributed by atoms with van der Waals surface area (Å²) in [7, 11) is 0. The van der Waals surface area contributed by atoms with Crippen molar-refractivity contribution in [2.75, 3.05) is 17.2 Å². The summed E-state index contributed by atoms with van der Waals surface area (Å²) in [6.07, 6.45) is 0.0418. The Labute approximate surface area is 182 Å². The molecule has 0 aliphatic carbocycles. The molecule has 0 aromatic heterocycles. The Kier molecular flexibility index (Phi) is 7.65. The number of rotatable bonds is 9. The molecule has 31 heavy (non-hydrogen) atoms. The molecule has 160 valence electrons. The lowest BCUT2D eigenvalue weighted by molar-refractivity contribution is -0.114. The van der Waals surface area contributed by atoms with Crippen LogP contribution in [0.25, 0.3) is 0 Å². The molecule has 0 bridgehead atoms. The first-order valence-corrected chi connectivity index (χ1v) is 10.2. The van der Waals surface area contributed by atoms with E-state index in [1.54, 1.807) is 24.3 Å². The molecule has 0 fully saturated rings. The minimum Gasteiger partial charge on any atom is -0.489 e. The van der Waals surface area contributed by atoms with Crippen LogP contribution in [-0.4, -0.2) is 24.5 Å². The maximum atomic E-state index is 12.3. The highest BCUT2D eigenvalue weighted by Gasteiger charge is 2.09. The Hall–Kier alpha value is -3.80. The molecule has 0 radical (unpaired) electrons. The Morgan fingerprint density at radius 3 is 2.26 bits per heavy atom. The second kappa shape index (κ2) is 10.8. The van der Waals surface area contributed by atoms with Gasteiger partial charge in [-0.2, -0.15) is 0 Å². The third-order valence-corrected chi connectivity index (χ3v) is 4.42. The summed E-state index contributed by atoms with van der Waals surface area (Å²) in [5.41, 5.74) is 2.95. The van der Waals surface area contributed by atoms with Gasteiger partial charge in [-0.05, 0) is 55.8 Å². The number of anilines is 2. The number of hydrogen-bond acceptors (Lipinski definition) is 4. The third-order valence-electron chi connectivity index (χ3n) is 4.42. The van der Waals surface area contributed by atoms with Gasteiger partial charge >= 0.3 is 0 Å². The smallest absolute Gasteiger partial charge is 0.251 e. The molecule has 0 aliphatic rings. The van der Waals surface area contributed by atoms with E-state index < -0.39 is 0 Å². The van der Waals surface area contributed by atoms with E-state index in [0.717, 1.165) is 11.3 Å². The van der Waals surface area contributed by atoms with Crippen LogP contribution in [0, 0.1) is 0 Å². The molecular weight excluding hydrogens is 390 g/mol. The van der Waals surface area contributed by atoms with Crippen molar-refractivity contribution in [3.8, 4) is 5.75 Å². The minimum absolute atomic E-state index is 0.0418. The highest BCUT2D eigenvalue weighted by atomic mass is 16.5. The molecule has 0 spiro atoms. The van der Waals surface area contributed by atoms with Crippen LogP contribution < -0.4 is 20.7 Å². The van der Waals surface area contributed by atoms with Gasteiger partial charge in [0.15, 0.2) is 0 Å². The monoisotopic (exact) mass is 417 g/mol. The van der Waals surface area contributed by atoms with Gasteiger partial charge < -0.3 is 20.7 Å².